The molecule has 0 spiro atoms. The fourth-order valence-corrected chi connectivity index (χ4v) is 4.69. The molecule has 0 aliphatic carbocycles. The molecule has 156 valence electrons. The molecule has 0 aromatic heterocycles. The van der Waals surface area contributed by atoms with E-state index in [4.69, 9.17) is 4.18 Å². The third-order valence-corrected chi connectivity index (χ3v) is 6.77. The molecule has 0 fully saturated rings. The zero-order valence-electron chi connectivity index (χ0n) is 17.4. The van der Waals surface area contributed by atoms with E-state index in [9.17, 15) is 13.5 Å². The first-order chi connectivity index (χ1) is 12.9. The van der Waals surface area contributed by atoms with Gasteiger partial charge in [0.25, 0.3) is 0 Å². The Labute approximate surface area is 166 Å². The van der Waals surface area contributed by atoms with Crippen molar-refractivity contribution in [3.8, 4) is 11.5 Å². The molecule has 27 heavy (non-hydrogen) atoms. The maximum atomic E-state index is 12.8. The van der Waals surface area contributed by atoms with Crippen LogP contribution in [0.1, 0.15) is 96.5 Å². The minimum absolute atomic E-state index is 0.0347. The normalized spacial score (nSPS) is 12.9. The van der Waals surface area contributed by atoms with Crippen molar-refractivity contribution in [2.24, 2.45) is 0 Å². The fraction of sp³-hybridized carbons (Fsp3) is 0.727. The number of aryl methyl sites for hydroxylation is 1. The largest absolute Gasteiger partial charge is 0.504 e. The highest BCUT2D eigenvalue weighted by atomic mass is 32.2. The molecule has 1 aromatic rings. The molecule has 4 nitrogen and oxygen atoms in total. The van der Waals surface area contributed by atoms with Gasteiger partial charge in [-0.15, -0.1) is 0 Å². The molecular weight excluding hydrogens is 360 g/mol. The second-order valence-electron chi connectivity index (χ2n) is 7.53. The number of hydrogen-bond acceptors (Lipinski definition) is 4. The molecule has 0 amide bonds. The van der Waals surface area contributed by atoms with E-state index in [-0.39, 0.29) is 11.5 Å². The Hall–Kier alpha value is -1.23. The molecule has 0 radical (unpaired) electrons. The lowest BCUT2D eigenvalue weighted by atomic mass is 10.0. The molecular formula is C22H38O4S. The summed E-state index contributed by atoms with van der Waals surface area (Å²) < 4.78 is 30.9. The highest BCUT2D eigenvalue weighted by Gasteiger charge is 2.27. The number of rotatable bonds is 15. The van der Waals surface area contributed by atoms with Crippen LogP contribution in [0.3, 0.4) is 0 Å². The van der Waals surface area contributed by atoms with Gasteiger partial charge in [0.15, 0.2) is 11.5 Å². The van der Waals surface area contributed by atoms with Crippen LogP contribution in [0.2, 0.25) is 0 Å². The number of phenolic OH excluding ortho intramolecular Hbond substituents is 1. The standard InChI is InChI=1S/C22H38O4S/c1-4-6-8-9-10-11-12-13-17-20(16-7-5-2)27(24,25)26-21-18-14-15-19(3)22(21)23/h14-15,18,20,23H,4-13,16-17H2,1-3H3. The lowest BCUT2D eigenvalue weighted by Crippen LogP contribution is -2.26. The van der Waals surface area contributed by atoms with Gasteiger partial charge in [-0.25, -0.2) is 0 Å². The summed E-state index contributed by atoms with van der Waals surface area (Å²) in [5.74, 6) is -0.0604. The monoisotopic (exact) mass is 398 g/mol. The molecule has 0 saturated carbocycles. The Morgan fingerprint density at radius 2 is 1.44 bits per heavy atom. The van der Waals surface area contributed by atoms with Gasteiger partial charge in [-0.1, -0.05) is 90.2 Å². The van der Waals surface area contributed by atoms with Crippen molar-refractivity contribution in [3.63, 3.8) is 0 Å². The van der Waals surface area contributed by atoms with Crippen LogP contribution in [-0.2, 0) is 10.1 Å². The third-order valence-electron chi connectivity index (χ3n) is 5.07. The van der Waals surface area contributed by atoms with E-state index >= 15 is 0 Å². The molecule has 0 aliphatic heterocycles. The number of benzene rings is 1. The Balaban J connectivity index is 2.56. The van der Waals surface area contributed by atoms with Gasteiger partial charge in [-0.05, 0) is 31.4 Å². The summed E-state index contributed by atoms with van der Waals surface area (Å²) in [5, 5.41) is 9.56. The highest BCUT2D eigenvalue weighted by molar-refractivity contribution is 7.87. The van der Waals surface area contributed by atoms with Gasteiger partial charge >= 0.3 is 10.1 Å². The van der Waals surface area contributed by atoms with Gasteiger partial charge in [-0.2, -0.15) is 8.42 Å². The van der Waals surface area contributed by atoms with Gasteiger partial charge in [-0.3, -0.25) is 0 Å². The van der Waals surface area contributed by atoms with Crippen molar-refractivity contribution in [1.29, 1.82) is 0 Å². The average Bonchev–Trinajstić information content (AvgIpc) is 2.63. The summed E-state index contributed by atoms with van der Waals surface area (Å²) >= 11 is 0. The summed E-state index contributed by atoms with van der Waals surface area (Å²) in [6, 6.07) is 4.93. The van der Waals surface area contributed by atoms with Crippen LogP contribution in [0.5, 0.6) is 11.5 Å². The van der Waals surface area contributed by atoms with E-state index in [2.05, 4.69) is 13.8 Å². The quantitative estimate of drug-likeness (QED) is 0.270. The minimum Gasteiger partial charge on any atom is -0.504 e. The topological polar surface area (TPSA) is 63.6 Å². The van der Waals surface area contributed by atoms with Gasteiger partial charge in [0.05, 0.1) is 5.25 Å². The first-order valence-corrected chi connectivity index (χ1v) is 12.1. The molecule has 0 saturated heterocycles. The third kappa shape index (κ3) is 9.00. The number of hydrogen-bond donors (Lipinski definition) is 1. The van der Waals surface area contributed by atoms with Crippen LogP contribution in [-0.4, -0.2) is 18.8 Å². The van der Waals surface area contributed by atoms with Crippen molar-refractivity contribution in [1.82, 2.24) is 0 Å². The van der Waals surface area contributed by atoms with Crippen LogP contribution < -0.4 is 4.18 Å². The average molecular weight is 399 g/mol. The van der Waals surface area contributed by atoms with Crippen LogP contribution in [0.15, 0.2) is 18.2 Å². The van der Waals surface area contributed by atoms with E-state index in [1.54, 1.807) is 19.1 Å². The number of unbranched alkanes of at least 4 members (excludes halogenated alkanes) is 8. The lowest BCUT2D eigenvalue weighted by Gasteiger charge is -2.18. The van der Waals surface area contributed by atoms with Crippen molar-refractivity contribution in [2.45, 2.75) is 103 Å². The molecule has 0 bridgehead atoms. The van der Waals surface area contributed by atoms with E-state index < -0.39 is 15.4 Å². The maximum Gasteiger partial charge on any atom is 0.312 e. The first kappa shape index (κ1) is 23.8. The van der Waals surface area contributed by atoms with Gasteiger partial charge in [0, 0.05) is 0 Å². The zero-order chi connectivity index (χ0) is 20.1. The number of phenols is 1. The second-order valence-corrected chi connectivity index (χ2v) is 9.34. The molecule has 1 atom stereocenters. The summed E-state index contributed by atoms with van der Waals surface area (Å²) in [7, 11) is -3.75. The Kier molecular flexibility index (Phi) is 11.5. The Bertz CT molecular complexity index is 625. The SMILES string of the molecule is CCCCCCCCCCC(CCCC)S(=O)(=O)Oc1cccc(C)c1O. The van der Waals surface area contributed by atoms with Crippen molar-refractivity contribution >= 4 is 10.1 Å². The van der Waals surface area contributed by atoms with E-state index in [1.165, 1.54) is 44.6 Å². The van der Waals surface area contributed by atoms with Gasteiger partial charge in [0.2, 0.25) is 0 Å². The zero-order valence-corrected chi connectivity index (χ0v) is 18.2. The number of aromatic hydroxyl groups is 1. The van der Waals surface area contributed by atoms with Crippen LogP contribution in [0.25, 0.3) is 0 Å². The Morgan fingerprint density at radius 1 is 0.889 bits per heavy atom. The van der Waals surface area contributed by atoms with E-state index in [1.807, 2.05) is 0 Å². The molecule has 1 N–H and O–H groups in total. The fourth-order valence-electron chi connectivity index (χ4n) is 3.26. The summed E-state index contributed by atoms with van der Waals surface area (Å²) in [6.45, 7) is 6.01. The maximum absolute atomic E-state index is 12.8. The van der Waals surface area contributed by atoms with E-state index in [0.717, 1.165) is 25.7 Å². The first-order valence-electron chi connectivity index (χ1n) is 10.6. The molecule has 1 aromatic carbocycles. The summed E-state index contributed by atoms with van der Waals surface area (Å²) in [6.07, 6.45) is 12.6. The molecule has 0 heterocycles. The van der Waals surface area contributed by atoms with Gasteiger partial charge in [0.1, 0.15) is 0 Å². The van der Waals surface area contributed by atoms with E-state index in [0.29, 0.717) is 18.4 Å². The molecule has 5 heteroatoms. The highest BCUT2D eigenvalue weighted by Crippen LogP contribution is 2.32. The van der Waals surface area contributed by atoms with Gasteiger partial charge < -0.3 is 9.29 Å². The molecule has 1 unspecified atom stereocenters. The van der Waals surface area contributed by atoms with Crippen LogP contribution in [0, 0.1) is 6.92 Å². The minimum atomic E-state index is -3.75. The van der Waals surface area contributed by atoms with Crippen LogP contribution >= 0.6 is 0 Å². The predicted molar refractivity (Wildman–Crippen MR) is 113 cm³/mol. The second kappa shape index (κ2) is 13.0. The van der Waals surface area contributed by atoms with Crippen molar-refractivity contribution in [2.75, 3.05) is 0 Å². The lowest BCUT2D eigenvalue weighted by molar-refractivity contribution is 0.413. The molecule has 1 rings (SSSR count). The number of para-hydroxylation sites is 1. The summed E-state index contributed by atoms with van der Waals surface area (Å²) in [5.41, 5.74) is 0.607. The smallest absolute Gasteiger partial charge is 0.312 e. The van der Waals surface area contributed by atoms with Crippen molar-refractivity contribution < 1.29 is 17.7 Å². The van der Waals surface area contributed by atoms with Crippen molar-refractivity contribution in [3.05, 3.63) is 23.8 Å². The Morgan fingerprint density at radius 3 is 2.07 bits per heavy atom. The predicted octanol–water partition coefficient (Wildman–Crippen LogP) is 6.50. The molecule has 0 aliphatic rings. The van der Waals surface area contributed by atoms with Crippen LogP contribution in [0.4, 0.5) is 0 Å². The summed E-state index contributed by atoms with van der Waals surface area (Å²) in [4.78, 5) is 0.